The predicted octanol–water partition coefficient (Wildman–Crippen LogP) is -0.373. The molecule has 94 valence electrons. The summed E-state index contributed by atoms with van der Waals surface area (Å²) >= 11 is 0. The zero-order valence-electron chi connectivity index (χ0n) is 10.2. The van der Waals surface area contributed by atoms with Crippen LogP contribution in [0.1, 0.15) is 27.2 Å². The summed E-state index contributed by atoms with van der Waals surface area (Å²) < 4.78 is 5.29. The summed E-state index contributed by atoms with van der Waals surface area (Å²) in [6.07, 6.45) is 0.311. The molecule has 1 saturated heterocycles. The van der Waals surface area contributed by atoms with Gasteiger partial charge in [-0.25, -0.2) is 0 Å². The van der Waals surface area contributed by atoms with Gasteiger partial charge >= 0.3 is 0 Å². The first kappa shape index (κ1) is 13.4. The van der Waals surface area contributed by atoms with E-state index in [0.717, 1.165) is 0 Å². The number of aliphatic hydroxyl groups is 1. The van der Waals surface area contributed by atoms with Gasteiger partial charge in [0, 0.05) is 26.1 Å². The fraction of sp³-hybridized carbons (Fsp3) is 0.909. The van der Waals surface area contributed by atoms with Crippen LogP contribution in [0.4, 0.5) is 0 Å². The molecule has 1 fully saturated rings. The quantitative estimate of drug-likeness (QED) is 0.615. The van der Waals surface area contributed by atoms with Crippen molar-refractivity contribution < 1.29 is 14.6 Å². The van der Waals surface area contributed by atoms with Gasteiger partial charge in [0.1, 0.15) is 5.60 Å². The molecule has 1 aliphatic heterocycles. The van der Waals surface area contributed by atoms with Crippen LogP contribution in [0.15, 0.2) is 0 Å². The monoisotopic (exact) mass is 230 g/mol. The SMILES string of the molecule is CC1OCCC1(O)CNC(=O)C(C)(C)CN. The highest BCUT2D eigenvalue weighted by atomic mass is 16.5. The molecule has 0 radical (unpaired) electrons. The minimum atomic E-state index is -0.944. The number of nitrogens with two attached hydrogens (primary N) is 1. The Labute approximate surface area is 96.3 Å². The third-order valence-corrected chi connectivity index (χ3v) is 3.34. The third-order valence-electron chi connectivity index (χ3n) is 3.34. The highest BCUT2D eigenvalue weighted by Crippen LogP contribution is 2.25. The van der Waals surface area contributed by atoms with E-state index in [1.54, 1.807) is 13.8 Å². The molecule has 1 heterocycles. The van der Waals surface area contributed by atoms with E-state index in [0.29, 0.717) is 13.0 Å². The second kappa shape index (κ2) is 4.69. The van der Waals surface area contributed by atoms with Crippen molar-refractivity contribution in [3.05, 3.63) is 0 Å². The second-order valence-corrected chi connectivity index (χ2v) is 5.14. The summed E-state index contributed by atoms with van der Waals surface area (Å²) in [5.41, 5.74) is 3.96. The molecular weight excluding hydrogens is 208 g/mol. The van der Waals surface area contributed by atoms with Crippen molar-refractivity contribution >= 4 is 5.91 Å². The van der Waals surface area contributed by atoms with Crippen molar-refractivity contribution in [2.24, 2.45) is 11.1 Å². The van der Waals surface area contributed by atoms with E-state index in [1.807, 2.05) is 6.92 Å². The molecule has 0 saturated carbocycles. The molecule has 0 aliphatic carbocycles. The zero-order valence-corrected chi connectivity index (χ0v) is 10.2. The first-order chi connectivity index (χ1) is 7.32. The lowest BCUT2D eigenvalue weighted by Crippen LogP contribution is -2.51. The Balaban J connectivity index is 2.49. The fourth-order valence-corrected chi connectivity index (χ4v) is 1.57. The van der Waals surface area contributed by atoms with Crippen molar-refractivity contribution in [1.82, 2.24) is 5.32 Å². The number of amides is 1. The molecule has 16 heavy (non-hydrogen) atoms. The van der Waals surface area contributed by atoms with Crippen LogP contribution in [-0.2, 0) is 9.53 Å². The fourth-order valence-electron chi connectivity index (χ4n) is 1.57. The Kier molecular flexibility index (Phi) is 3.93. The van der Waals surface area contributed by atoms with Gasteiger partial charge in [0.05, 0.1) is 11.5 Å². The van der Waals surface area contributed by atoms with E-state index in [2.05, 4.69) is 5.32 Å². The van der Waals surface area contributed by atoms with Crippen LogP contribution in [0.5, 0.6) is 0 Å². The number of ether oxygens (including phenoxy) is 1. The van der Waals surface area contributed by atoms with Gasteiger partial charge in [0.15, 0.2) is 0 Å². The van der Waals surface area contributed by atoms with E-state index >= 15 is 0 Å². The molecule has 2 unspecified atom stereocenters. The van der Waals surface area contributed by atoms with Gasteiger partial charge in [-0.2, -0.15) is 0 Å². The summed E-state index contributed by atoms with van der Waals surface area (Å²) in [5.74, 6) is -0.137. The topological polar surface area (TPSA) is 84.6 Å². The summed E-state index contributed by atoms with van der Waals surface area (Å²) in [4.78, 5) is 11.8. The summed E-state index contributed by atoms with van der Waals surface area (Å²) in [7, 11) is 0. The summed E-state index contributed by atoms with van der Waals surface area (Å²) in [6.45, 7) is 6.41. The number of carbonyl (C=O) groups excluding carboxylic acids is 1. The first-order valence-electron chi connectivity index (χ1n) is 5.64. The standard InChI is InChI=1S/C11H22N2O3/c1-8-11(15,4-5-16-8)7-13-9(14)10(2,3)6-12/h8,15H,4-7,12H2,1-3H3,(H,13,14). The predicted molar refractivity (Wildman–Crippen MR) is 60.8 cm³/mol. The number of carbonyl (C=O) groups is 1. The maximum atomic E-state index is 11.8. The third kappa shape index (κ3) is 2.72. The van der Waals surface area contributed by atoms with E-state index < -0.39 is 11.0 Å². The van der Waals surface area contributed by atoms with Gasteiger partial charge in [-0.15, -0.1) is 0 Å². The van der Waals surface area contributed by atoms with Gasteiger partial charge in [0.2, 0.25) is 5.91 Å². The van der Waals surface area contributed by atoms with Crippen LogP contribution in [0.25, 0.3) is 0 Å². The minimum absolute atomic E-state index is 0.137. The number of hydrogen-bond acceptors (Lipinski definition) is 4. The molecule has 4 N–H and O–H groups in total. The zero-order chi connectivity index (χ0) is 12.4. The lowest BCUT2D eigenvalue weighted by Gasteiger charge is -2.29. The van der Waals surface area contributed by atoms with Crippen LogP contribution in [0, 0.1) is 5.41 Å². The lowest BCUT2D eigenvalue weighted by molar-refractivity contribution is -0.130. The highest BCUT2D eigenvalue weighted by Gasteiger charge is 2.40. The number of nitrogens with one attached hydrogen (secondary N) is 1. The van der Waals surface area contributed by atoms with Crippen LogP contribution in [0.3, 0.4) is 0 Å². The average Bonchev–Trinajstić information content (AvgIpc) is 2.56. The van der Waals surface area contributed by atoms with Gasteiger partial charge in [-0.3, -0.25) is 4.79 Å². The van der Waals surface area contributed by atoms with Crippen LogP contribution in [0.2, 0.25) is 0 Å². The molecule has 0 spiro atoms. The van der Waals surface area contributed by atoms with E-state index in [4.69, 9.17) is 10.5 Å². The number of rotatable bonds is 4. The van der Waals surface area contributed by atoms with Crippen molar-refractivity contribution in [3.63, 3.8) is 0 Å². The second-order valence-electron chi connectivity index (χ2n) is 5.14. The number of hydrogen-bond donors (Lipinski definition) is 3. The average molecular weight is 230 g/mol. The van der Waals surface area contributed by atoms with Crippen molar-refractivity contribution in [1.29, 1.82) is 0 Å². The van der Waals surface area contributed by atoms with Gasteiger partial charge < -0.3 is 20.9 Å². The Morgan fingerprint density at radius 3 is 2.75 bits per heavy atom. The molecule has 0 aromatic heterocycles. The maximum Gasteiger partial charge on any atom is 0.227 e. The molecule has 5 heteroatoms. The van der Waals surface area contributed by atoms with E-state index in [-0.39, 0.29) is 25.1 Å². The minimum Gasteiger partial charge on any atom is -0.385 e. The molecule has 0 aromatic rings. The summed E-state index contributed by atoms with van der Waals surface area (Å²) in [6, 6.07) is 0. The van der Waals surface area contributed by atoms with Crippen LogP contribution in [-0.4, -0.2) is 42.4 Å². The molecular formula is C11H22N2O3. The van der Waals surface area contributed by atoms with Crippen LogP contribution >= 0.6 is 0 Å². The Bertz CT molecular complexity index is 268. The summed E-state index contributed by atoms with van der Waals surface area (Å²) in [5, 5.41) is 12.9. The van der Waals surface area contributed by atoms with Crippen LogP contribution < -0.4 is 11.1 Å². The van der Waals surface area contributed by atoms with Crippen molar-refractivity contribution in [2.75, 3.05) is 19.7 Å². The highest BCUT2D eigenvalue weighted by molar-refractivity contribution is 5.82. The van der Waals surface area contributed by atoms with E-state index in [9.17, 15) is 9.90 Å². The molecule has 0 aromatic carbocycles. The Morgan fingerprint density at radius 2 is 2.31 bits per heavy atom. The van der Waals surface area contributed by atoms with Crippen molar-refractivity contribution in [2.45, 2.75) is 38.9 Å². The molecule has 5 nitrogen and oxygen atoms in total. The Morgan fingerprint density at radius 1 is 1.69 bits per heavy atom. The maximum absolute atomic E-state index is 11.8. The van der Waals surface area contributed by atoms with Crippen molar-refractivity contribution in [3.8, 4) is 0 Å². The van der Waals surface area contributed by atoms with E-state index in [1.165, 1.54) is 0 Å². The van der Waals surface area contributed by atoms with Gasteiger partial charge in [-0.05, 0) is 20.8 Å². The molecule has 0 bridgehead atoms. The Hall–Kier alpha value is -0.650. The molecule has 1 aliphatic rings. The first-order valence-corrected chi connectivity index (χ1v) is 5.64. The van der Waals surface area contributed by atoms with Gasteiger partial charge in [0.25, 0.3) is 0 Å². The normalized spacial score (nSPS) is 30.4. The molecule has 1 rings (SSSR count). The smallest absolute Gasteiger partial charge is 0.227 e. The lowest BCUT2D eigenvalue weighted by atomic mass is 9.91. The largest absolute Gasteiger partial charge is 0.385 e. The molecule has 1 amide bonds. The molecule has 2 atom stereocenters. The van der Waals surface area contributed by atoms with Gasteiger partial charge in [-0.1, -0.05) is 0 Å².